The SMILES string of the molecule is CC(=O)/C=C(/C)O.Cc1[c-]c(-c2nccc3c4c(ccc23)C(=O)c2ccccc2-4)cc(C)c1.[Ir]. The van der Waals surface area contributed by atoms with Crippen molar-refractivity contribution >= 4 is 22.3 Å². The maximum Gasteiger partial charge on any atom is 0.194 e. The van der Waals surface area contributed by atoms with Crippen LogP contribution in [-0.4, -0.2) is 21.7 Å². The molecule has 3 aromatic carbocycles. The smallest absolute Gasteiger partial charge is 0.194 e. The predicted octanol–water partition coefficient (Wildman–Crippen LogP) is 6.56. The van der Waals surface area contributed by atoms with Gasteiger partial charge < -0.3 is 10.1 Å². The summed E-state index contributed by atoms with van der Waals surface area (Å²) in [6, 6.07) is 21.5. The number of hydrogen-bond donors (Lipinski definition) is 1. The van der Waals surface area contributed by atoms with Crippen molar-refractivity contribution in [1.29, 1.82) is 0 Å². The molecule has 0 bridgehead atoms. The summed E-state index contributed by atoms with van der Waals surface area (Å²) in [5, 5.41) is 10.5. The van der Waals surface area contributed by atoms with Gasteiger partial charge in [0.15, 0.2) is 11.6 Å². The molecule has 0 spiro atoms. The van der Waals surface area contributed by atoms with E-state index in [2.05, 4.69) is 30.1 Å². The molecule has 4 nitrogen and oxygen atoms in total. The number of allylic oxidation sites excluding steroid dienone is 2. The number of fused-ring (bicyclic) bond motifs is 5. The van der Waals surface area contributed by atoms with Gasteiger partial charge in [0.25, 0.3) is 0 Å². The molecular formula is C29H24IrNO3-. The van der Waals surface area contributed by atoms with Crippen LogP contribution in [0.1, 0.15) is 40.9 Å². The van der Waals surface area contributed by atoms with E-state index < -0.39 is 0 Å². The fourth-order valence-electron chi connectivity index (χ4n) is 4.31. The second kappa shape index (κ2) is 10.3. The van der Waals surface area contributed by atoms with Crippen molar-refractivity contribution < 1.29 is 34.8 Å². The zero-order valence-electron chi connectivity index (χ0n) is 19.4. The Labute approximate surface area is 212 Å². The third-order valence-corrected chi connectivity index (χ3v) is 5.45. The molecule has 5 heteroatoms. The molecule has 0 unspecified atom stereocenters. The number of hydrogen-bond acceptors (Lipinski definition) is 4. The number of carbonyl (C=O) groups is 2. The zero-order chi connectivity index (χ0) is 23.7. The van der Waals surface area contributed by atoms with Crippen LogP contribution in [0.15, 0.2) is 72.6 Å². The summed E-state index contributed by atoms with van der Waals surface area (Å²) in [6.07, 6.45) is 2.99. The normalized spacial score (nSPS) is 11.8. The monoisotopic (exact) mass is 627 g/mol. The number of aliphatic hydroxyl groups is 1. The van der Waals surface area contributed by atoms with Gasteiger partial charge in [-0.05, 0) is 41.9 Å². The van der Waals surface area contributed by atoms with Gasteiger partial charge in [0.2, 0.25) is 0 Å². The van der Waals surface area contributed by atoms with Gasteiger partial charge in [-0.25, -0.2) is 0 Å². The van der Waals surface area contributed by atoms with Gasteiger partial charge in [0.05, 0.1) is 5.76 Å². The van der Waals surface area contributed by atoms with Crippen molar-refractivity contribution in [2.75, 3.05) is 0 Å². The quantitative estimate of drug-likeness (QED) is 0.137. The van der Waals surface area contributed by atoms with Gasteiger partial charge >= 0.3 is 0 Å². The van der Waals surface area contributed by atoms with Crippen LogP contribution < -0.4 is 0 Å². The average molecular weight is 627 g/mol. The summed E-state index contributed by atoms with van der Waals surface area (Å²) in [5.41, 5.74) is 7.79. The number of rotatable bonds is 2. The Morgan fingerprint density at radius 1 is 0.941 bits per heavy atom. The molecule has 1 aromatic heterocycles. The minimum atomic E-state index is -0.125. The van der Waals surface area contributed by atoms with E-state index in [9.17, 15) is 9.59 Å². The van der Waals surface area contributed by atoms with Crippen molar-refractivity contribution in [2.45, 2.75) is 27.7 Å². The molecule has 0 amide bonds. The van der Waals surface area contributed by atoms with Gasteiger partial charge in [-0.1, -0.05) is 50.2 Å². The summed E-state index contributed by atoms with van der Waals surface area (Å²) in [4.78, 5) is 27.4. The zero-order valence-corrected chi connectivity index (χ0v) is 21.8. The van der Waals surface area contributed by atoms with Gasteiger partial charge in [0, 0.05) is 49.1 Å². The summed E-state index contributed by atoms with van der Waals surface area (Å²) >= 11 is 0. The van der Waals surface area contributed by atoms with Crippen LogP contribution in [0.25, 0.3) is 33.2 Å². The first kappa shape index (κ1) is 25.2. The van der Waals surface area contributed by atoms with E-state index in [-0.39, 0.29) is 37.4 Å². The number of carbonyl (C=O) groups excluding carboxylic acids is 2. The van der Waals surface area contributed by atoms with E-state index in [1.807, 2.05) is 55.6 Å². The van der Waals surface area contributed by atoms with E-state index in [1.165, 1.54) is 25.5 Å². The molecule has 1 heterocycles. The number of aryl methyl sites for hydroxylation is 2. The van der Waals surface area contributed by atoms with E-state index >= 15 is 0 Å². The van der Waals surface area contributed by atoms with Crippen LogP contribution >= 0.6 is 0 Å². The number of ketones is 2. The standard InChI is InChI=1S/C24H16NO.C5H8O2.Ir/c1-14-11-15(2)13-16(12-14)23-19-7-8-21-22(18(19)9-10-25-23)17-5-3-4-6-20(17)24(21)26;1-4(6)3-5(2)7;/h3-12H,1-2H3;3,6H,1-2H3;/q-1;;/b;4-3-;. The Morgan fingerprint density at radius 3 is 2.26 bits per heavy atom. The van der Waals surface area contributed by atoms with Gasteiger partial charge in [-0.3, -0.25) is 9.59 Å². The van der Waals surface area contributed by atoms with E-state index in [1.54, 1.807) is 0 Å². The van der Waals surface area contributed by atoms with Crippen LogP contribution in [0.3, 0.4) is 0 Å². The third kappa shape index (κ3) is 4.91. The van der Waals surface area contributed by atoms with E-state index in [4.69, 9.17) is 5.11 Å². The summed E-state index contributed by atoms with van der Waals surface area (Å²) < 4.78 is 0. The van der Waals surface area contributed by atoms with Crippen molar-refractivity contribution in [3.63, 3.8) is 0 Å². The first-order valence-electron chi connectivity index (χ1n) is 10.7. The van der Waals surface area contributed by atoms with Crippen LogP contribution in [0.5, 0.6) is 0 Å². The Bertz CT molecular complexity index is 1430. The van der Waals surface area contributed by atoms with Crippen LogP contribution in [0, 0.1) is 19.9 Å². The second-order valence-electron chi connectivity index (χ2n) is 8.27. The summed E-state index contributed by atoms with van der Waals surface area (Å²) in [5.74, 6) is 0.0429. The minimum Gasteiger partial charge on any atom is -0.512 e. The molecule has 1 aliphatic carbocycles. The van der Waals surface area contributed by atoms with Gasteiger partial charge in [-0.2, -0.15) is 0 Å². The molecular weight excluding hydrogens is 603 g/mol. The molecule has 4 aromatic rings. The van der Waals surface area contributed by atoms with Crippen LogP contribution in [0.4, 0.5) is 0 Å². The molecule has 0 aliphatic heterocycles. The first-order chi connectivity index (χ1) is 15.8. The first-order valence-corrected chi connectivity index (χ1v) is 10.7. The van der Waals surface area contributed by atoms with Crippen LogP contribution in [-0.2, 0) is 24.9 Å². The summed E-state index contributed by atoms with van der Waals surface area (Å²) in [6.45, 7) is 6.98. The molecule has 1 N–H and O–H groups in total. The Hall–Kier alpha value is -3.40. The maximum absolute atomic E-state index is 12.8. The van der Waals surface area contributed by atoms with Gasteiger partial charge in [-0.15, -0.1) is 34.9 Å². The van der Waals surface area contributed by atoms with Crippen LogP contribution in [0.2, 0.25) is 0 Å². The number of benzene rings is 3. The van der Waals surface area contributed by atoms with E-state index in [0.29, 0.717) is 0 Å². The molecule has 1 radical (unpaired) electrons. The number of pyridine rings is 1. The fourth-order valence-corrected chi connectivity index (χ4v) is 4.31. The Kier molecular flexibility index (Phi) is 7.61. The molecule has 0 fully saturated rings. The molecule has 5 rings (SSSR count). The van der Waals surface area contributed by atoms with Crippen molar-refractivity contribution in [3.8, 4) is 22.4 Å². The molecule has 0 saturated heterocycles. The molecule has 173 valence electrons. The van der Waals surface area contributed by atoms with Crippen molar-refractivity contribution in [3.05, 3.63) is 101 Å². The largest absolute Gasteiger partial charge is 0.512 e. The predicted molar refractivity (Wildman–Crippen MR) is 131 cm³/mol. The number of nitrogens with zero attached hydrogens (tertiary/aromatic N) is 1. The average Bonchev–Trinajstić information content (AvgIpc) is 3.05. The van der Waals surface area contributed by atoms with Crippen molar-refractivity contribution in [1.82, 2.24) is 4.98 Å². The van der Waals surface area contributed by atoms with E-state index in [0.717, 1.165) is 49.8 Å². The number of aliphatic hydroxyl groups excluding tert-OH is 1. The van der Waals surface area contributed by atoms with Crippen molar-refractivity contribution in [2.24, 2.45) is 0 Å². The summed E-state index contributed by atoms with van der Waals surface area (Å²) in [7, 11) is 0. The molecule has 1 aliphatic rings. The fraction of sp³-hybridized carbons (Fsp3) is 0.138. The third-order valence-electron chi connectivity index (χ3n) is 5.45. The molecule has 0 saturated carbocycles. The minimum absolute atomic E-state index is 0. The topological polar surface area (TPSA) is 67.3 Å². The Balaban J connectivity index is 0.000000357. The second-order valence-corrected chi connectivity index (χ2v) is 8.27. The Morgan fingerprint density at radius 2 is 1.65 bits per heavy atom. The van der Waals surface area contributed by atoms with Gasteiger partial charge in [0.1, 0.15) is 0 Å². The number of aromatic nitrogens is 1. The molecule has 0 atom stereocenters. The molecule has 34 heavy (non-hydrogen) atoms. The maximum atomic E-state index is 12.8.